The normalized spacial score (nSPS) is 10.0. The maximum Gasteiger partial charge on any atom is 0.340 e. The van der Waals surface area contributed by atoms with Crippen LogP contribution in [-0.4, -0.2) is 25.3 Å². The molecule has 0 fully saturated rings. The van der Waals surface area contributed by atoms with Gasteiger partial charge in [-0.05, 0) is 34.0 Å². The van der Waals surface area contributed by atoms with Crippen LogP contribution in [0.3, 0.4) is 0 Å². The van der Waals surface area contributed by atoms with Gasteiger partial charge in [-0.2, -0.15) is 0 Å². The van der Waals surface area contributed by atoms with Crippen molar-refractivity contribution in [3.8, 4) is 11.5 Å². The molecule has 1 rings (SSSR count). The van der Waals surface area contributed by atoms with E-state index in [4.69, 9.17) is 14.6 Å². The third-order valence-corrected chi connectivity index (χ3v) is 3.18. The summed E-state index contributed by atoms with van der Waals surface area (Å²) < 4.78 is 10.7. The molecule has 0 aromatic heterocycles. The molecular weight excluding hydrogens is 276 g/mol. The molecule has 0 saturated heterocycles. The van der Waals surface area contributed by atoms with Crippen molar-refractivity contribution in [2.24, 2.45) is 0 Å². The molecule has 0 aliphatic heterocycles. The second kappa shape index (κ2) is 5.21. The van der Waals surface area contributed by atoms with Gasteiger partial charge in [-0.25, -0.2) is 4.79 Å². The summed E-state index contributed by atoms with van der Waals surface area (Å²) in [5.41, 5.74) is 0.966. The Hall–Kier alpha value is -1.23. The molecule has 0 aliphatic rings. The molecule has 1 aromatic rings. The molecule has 0 atom stereocenters. The highest BCUT2D eigenvalue weighted by atomic mass is 79.9. The first-order valence-corrected chi connectivity index (χ1v) is 5.52. The van der Waals surface area contributed by atoms with Gasteiger partial charge < -0.3 is 14.6 Å². The largest absolute Gasteiger partial charge is 0.493 e. The molecule has 88 valence electrons. The van der Waals surface area contributed by atoms with E-state index in [2.05, 4.69) is 15.9 Å². The van der Waals surface area contributed by atoms with Crippen molar-refractivity contribution < 1.29 is 19.4 Å². The molecular formula is C11H13BrO4. The molecule has 0 bridgehead atoms. The summed E-state index contributed by atoms with van der Waals surface area (Å²) in [5.74, 6) is -0.378. The molecule has 0 radical (unpaired) electrons. The number of rotatable bonds is 4. The molecule has 0 amide bonds. The van der Waals surface area contributed by atoms with E-state index in [0.717, 1.165) is 5.56 Å². The maximum atomic E-state index is 11.2. The summed E-state index contributed by atoms with van der Waals surface area (Å²) in [6, 6.07) is 1.77. The molecule has 0 spiro atoms. The van der Waals surface area contributed by atoms with E-state index in [1.807, 2.05) is 6.92 Å². The van der Waals surface area contributed by atoms with Crippen molar-refractivity contribution in [1.29, 1.82) is 0 Å². The Balaban J connectivity index is 3.57. The number of hydrogen-bond acceptors (Lipinski definition) is 3. The van der Waals surface area contributed by atoms with Crippen molar-refractivity contribution in [1.82, 2.24) is 0 Å². The van der Waals surface area contributed by atoms with Crippen LogP contribution in [0.15, 0.2) is 10.5 Å². The first-order valence-electron chi connectivity index (χ1n) is 4.73. The monoisotopic (exact) mass is 288 g/mol. The van der Waals surface area contributed by atoms with Gasteiger partial charge in [0, 0.05) is 4.47 Å². The number of benzene rings is 1. The Morgan fingerprint density at radius 1 is 1.44 bits per heavy atom. The van der Waals surface area contributed by atoms with E-state index in [9.17, 15) is 4.79 Å². The van der Waals surface area contributed by atoms with E-state index in [-0.39, 0.29) is 11.3 Å². The number of aryl methyl sites for hydroxylation is 1. The van der Waals surface area contributed by atoms with Crippen molar-refractivity contribution in [2.75, 3.05) is 14.2 Å². The molecule has 1 aromatic carbocycles. The van der Waals surface area contributed by atoms with Gasteiger partial charge in [0.25, 0.3) is 0 Å². The molecule has 0 heterocycles. The van der Waals surface area contributed by atoms with Gasteiger partial charge >= 0.3 is 5.97 Å². The third-order valence-electron chi connectivity index (χ3n) is 2.28. The molecule has 0 saturated carbocycles. The quantitative estimate of drug-likeness (QED) is 0.926. The molecule has 4 nitrogen and oxygen atoms in total. The number of halogens is 1. The zero-order valence-corrected chi connectivity index (χ0v) is 10.9. The summed E-state index contributed by atoms with van der Waals surface area (Å²) in [5, 5.41) is 9.15. The van der Waals surface area contributed by atoms with Gasteiger partial charge in [0.05, 0.1) is 14.2 Å². The number of hydrogen-bond donors (Lipinski definition) is 1. The number of methoxy groups -OCH3 is 2. The number of carboxylic acids is 1. The lowest BCUT2D eigenvalue weighted by Crippen LogP contribution is -2.06. The van der Waals surface area contributed by atoms with Crippen LogP contribution in [0.4, 0.5) is 0 Å². The van der Waals surface area contributed by atoms with Crippen molar-refractivity contribution in [3.05, 3.63) is 21.7 Å². The van der Waals surface area contributed by atoms with E-state index < -0.39 is 5.97 Å². The number of ether oxygens (including phenoxy) is 2. The van der Waals surface area contributed by atoms with Gasteiger partial charge in [-0.3, -0.25) is 0 Å². The highest BCUT2D eigenvalue weighted by Crippen LogP contribution is 2.38. The van der Waals surface area contributed by atoms with Gasteiger partial charge in [0.15, 0.2) is 11.5 Å². The molecule has 5 heteroatoms. The number of carboxylic acid groups (broad SMARTS) is 1. The highest BCUT2D eigenvalue weighted by Gasteiger charge is 2.22. The molecule has 0 unspecified atom stereocenters. The summed E-state index contributed by atoms with van der Waals surface area (Å²) in [6.45, 7) is 1.94. The number of aromatic carboxylic acids is 1. The van der Waals surface area contributed by atoms with Crippen LogP contribution in [0.2, 0.25) is 0 Å². The average Bonchev–Trinajstić information content (AvgIpc) is 2.27. The standard InChI is InChI=1S/C11H13BrO4/c1-4-6-5-7(15-2)10(16-3)8(9(6)12)11(13)14/h5H,4H2,1-3H3,(H,13,14). The second-order valence-electron chi connectivity index (χ2n) is 3.12. The zero-order chi connectivity index (χ0) is 12.3. The smallest absolute Gasteiger partial charge is 0.340 e. The third kappa shape index (κ3) is 2.14. The SMILES string of the molecule is CCc1cc(OC)c(OC)c(C(=O)O)c1Br. The van der Waals surface area contributed by atoms with Gasteiger partial charge in [-0.15, -0.1) is 0 Å². The fraction of sp³-hybridized carbons (Fsp3) is 0.364. The first-order chi connectivity index (χ1) is 7.56. The maximum absolute atomic E-state index is 11.2. The summed E-state index contributed by atoms with van der Waals surface area (Å²) >= 11 is 3.28. The fourth-order valence-corrected chi connectivity index (χ4v) is 2.22. The Morgan fingerprint density at radius 3 is 2.44 bits per heavy atom. The van der Waals surface area contributed by atoms with Crippen LogP contribution in [0, 0.1) is 0 Å². The topological polar surface area (TPSA) is 55.8 Å². The van der Waals surface area contributed by atoms with Gasteiger partial charge in [0.2, 0.25) is 0 Å². The highest BCUT2D eigenvalue weighted by molar-refractivity contribution is 9.10. The summed E-state index contributed by atoms with van der Waals surface area (Å²) in [7, 11) is 2.90. The minimum Gasteiger partial charge on any atom is -0.493 e. The van der Waals surface area contributed by atoms with E-state index in [1.165, 1.54) is 14.2 Å². The minimum atomic E-state index is -1.04. The fourth-order valence-electron chi connectivity index (χ4n) is 1.47. The van der Waals surface area contributed by atoms with Crippen LogP contribution in [0.5, 0.6) is 11.5 Å². The van der Waals surface area contributed by atoms with E-state index >= 15 is 0 Å². The zero-order valence-electron chi connectivity index (χ0n) is 9.33. The average molecular weight is 289 g/mol. The Morgan fingerprint density at radius 2 is 2.06 bits per heavy atom. The predicted molar refractivity (Wildman–Crippen MR) is 63.6 cm³/mol. The lowest BCUT2D eigenvalue weighted by molar-refractivity contribution is 0.0691. The Labute approximate surface area is 102 Å². The van der Waals surface area contributed by atoms with E-state index in [1.54, 1.807) is 6.07 Å². The molecule has 16 heavy (non-hydrogen) atoms. The Bertz CT molecular complexity index is 415. The molecule has 1 N–H and O–H groups in total. The van der Waals surface area contributed by atoms with Crippen LogP contribution < -0.4 is 9.47 Å². The van der Waals surface area contributed by atoms with E-state index in [0.29, 0.717) is 16.6 Å². The summed E-state index contributed by atoms with van der Waals surface area (Å²) in [4.78, 5) is 11.2. The van der Waals surface area contributed by atoms with Crippen molar-refractivity contribution in [3.63, 3.8) is 0 Å². The number of carbonyl (C=O) groups is 1. The van der Waals surface area contributed by atoms with Crippen molar-refractivity contribution in [2.45, 2.75) is 13.3 Å². The first kappa shape index (κ1) is 12.8. The van der Waals surface area contributed by atoms with Crippen LogP contribution in [-0.2, 0) is 6.42 Å². The van der Waals surface area contributed by atoms with Crippen LogP contribution in [0.1, 0.15) is 22.8 Å². The molecule has 0 aliphatic carbocycles. The Kier molecular flexibility index (Phi) is 4.18. The predicted octanol–water partition coefficient (Wildman–Crippen LogP) is 2.73. The lowest BCUT2D eigenvalue weighted by atomic mass is 10.1. The van der Waals surface area contributed by atoms with Crippen LogP contribution in [0.25, 0.3) is 0 Å². The van der Waals surface area contributed by atoms with Gasteiger partial charge in [0.1, 0.15) is 5.56 Å². The lowest BCUT2D eigenvalue weighted by Gasteiger charge is -2.14. The summed E-state index contributed by atoms with van der Waals surface area (Å²) in [6.07, 6.45) is 0.710. The minimum absolute atomic E-state index is 0.0960. The van der Waals surface area contributed by atoms with Crippen molar-refractivity contribution >= 4 is 21.9 Å². The van der Waals surface area contributed by atoms with Crippen LogP contribution >= 0.6 is 15.9 Å². The second-order valence-corrected chi connectivity index (χ2v) is 3.91. The van der Waals surface area contributed by atoms with Gasteiger partial charge in [-0.1, -0.05) is 6.92 Å².